The first-order chi connectivity index (χ1) is 7.72. The number of nitrogens with zero attached hydrogens (tertiary/aromatic N) is 4. The summed E-state index contributed by atoms with van der Waals surface area (Å²) in [4.78, 5) is 15.9. The average Bonchev–Trinajstić information content (AvgIpc) is 2.75. The first-order valence-electron chi connectivity index (χ1n) is 4.62. The van der Waals surface area contributed by atoms with Gasteiger partial charge in [-0.2, -0.15) is 0 Å². The number of ether oxygens (including phenoxy) is 1. The molecule has 0 atom stereocenters. The Morgan fingerprint density at radius 3 is 2.69 bits per heavy atom. The Hall–Kier alpha value is -2.24. The highest BCUT2D eigenvalue weighted by atomic mass is 16.5. The summed E-state index contributed by atoms with van der Waals surface area (Å²) in [6.07, 6.45) is 2.89. The zero-order valence-corrected chi connectivity index (χ0v) is 8.91. The van der Waals surface area contributed by atoms with Gasteiger partial charge in [-0.3, -0.25) is 4.79 Å². The molecule has 0 amide bonds. The van der Waals surface area contributed by atoms with Gasteiger partial charge in [-0.1, -0.05) is 5.21 Å². The van der Waals surface area contributed by atoms with E-state index in [2.05, 4.69) is 15.3 Å². The van der Waals surface area contributed by atoms with Crippen molar-refractivity contribution < 1.29 is 9.53 Å². The van der Waals surface area contributed by atoms with Crippen LogP contribution in [0, 0.1) is 0 Å². The van der Waals surface area contributed by atoms with Crippen molar-refractivity contribution in [3.63, 3.8) is 0 Å². The summed E-state index contributed by atoms with van der Waals surface area (Å²) >= 11 is 0. The average molecular weight is 218 g/mol. The Morgan fingerprint density at radius 1 is 1.38 bits per heavy atom. The lowest BCUT2D eigenvalue weighted by Gasteiger charge is -2.01. The Morgan fingerprint density at radius 2 is 2.19 bits per heavy atom. The molecule has 2 aromatic heterocycles. The SMILES string of the molecule is COc1ccc(C(=O)c2cnnn2C)cn1. The van der Waals surface area contributed by atoms with Gasteiger partial charge in [-0.05, 0) is 6.07 Å². The van der Waals surface area contributed by atoms with Crippen molar-refractivity contribution in [2.24, 2.45) is 7.05 Å². The first kappa shape index (κ1) is 10.3. The Labute approximate surface area is 91.9 Å². The molecule has 6 nitrogen and oxygen atoms in total. The molecule has 0 saturated heterocycles. The van der Waals surface area contributed by atoms with Crippen LogP contribution in [-0.2, 0) is 7.05 Å². The third-order valence-electron chi connectivity index (χ3n) is 2.15. The summed E-state index contributed by atoms with van der Waals surface area (Å²) in [5.74, 6) is 0.308. The number of rotatable bonds is 3. The minimum Gasteiger partial charge on any atom is -0.481 e. The van der Waals surface area contributed by atoms with Gasteiger partial charge in [0.1, 0.15) is 5.69 Å². The standard InChI is InChI=1S/C10H10N4O2/c1-14-8(6-12-13-14)10(15)7-3-4-9(16-2)11-5-7/h3-6H,1-2H3. The van der Waals surface area contributed by atoms with E-state index in [-0.39, 0.29) is 5.78 Å². The van der Waals surface area contributed by atoms with E-state index >= 15 is 0 Å². The van der Waals surface area contributed by atoms with Crippen molar-refractivity contribution in [2.75, 3.05) is 7.11 Å². The first-order valence-corrected chi connectivity index (χ1v) is 4.62. The number of carbonyl (C=O) groups excluding carboxylic acids is 1. The van der Waals surface area contributed by atoms with Crippen molar-refractivity contribution in [1.29, 1.82) is 0 Å². The van der Waals surface area contributed by atoms with Crippen LogP contribution in [0.1, 0.15) is 16.1 Å². The molecule has 16 heavy (non-hydrogen) atoms. The summed E-state index contributed by atoms with van der Waals surface area (Å²) in [5.41, 5.74) is 0.901. The van der Waals surface area contributed by atoms with Gasteiger partial charge < -0.3 is 4.74 Å². The summed E-state index contributed by atoms with van der Waals surface area (Å²) in [6, 6.07) is 3.29. The van der Waals surface area contributed by atoms with Crippen molar-refractivity contribution in [3.8, 4) is 5.88 Å². The van der Waals surface area contributed by atoms with Gasteiger partial charge in [-0.25, -0.2) is 9.67 Å². The number of aryl methyl sites for hydroxylation is 1. The summed E-state index contributed by atoms with van der Waals surface area (Å²) < 4.78 is 6.33. The lowest BCUT2D eigenvalue weighted by Crippen LogP contribution is -2.08. The van der Waals surface area contributed by atoms with E-state index in [1.165, 1.54) is 24.2 Å². The fourth-order valence-corrected chi connectivity index (χ4v) is 1.28. The quantitative estimate of drug-likeness (QED) is 0.699. The second-order valence-corrected chi connectivity index (χ2v) is 3.16. The molecule has 82 valence electrons. The topological polar surface area (TPSA) is 69.9 Å². The molecule has 0 aliphatic heterocycles. The van der Waals surface area contributed by atoms with Crippen LogP contribution in [0.25, 0.3) is 0 Å². The van der Waals surface area contributed by atoms with Crippen LogP contribution in [0.2, 0.25) is 0 Å². The molecule has 6 heteroatoms. The van der Waals surface area contributed by atoms with Gasteiger partial charge in [-0.15, -0.1) is 5.10 Å². The summed E-state index contributed by atoms with van der Waals surface area (Å²) in [7, 11) is 3.19. The summed E-state index contributed by atoms with van der Waals surface area (Å²) in [5, 5.41) is 7.35. The highest BCUT2D eigenvalue weighted by Gasteiger charge is 2.13. The van der Waals surface area contributed by atoms with Crippen LogP contribution in [0.3, 0.4) is 0 Å². The number of pyridine rings is 1. The molecule has 0 bridgehead atoms. The molecule has 0 fully saturated rings. The molecule has 0 aliphatic carbocycles. The molecule has 2 heterocycles. The number of hydrogen-bond acceptors (Lipinski definition) is 5. The molecule has 0 saturated carbocycles. The van der Waals surface area contributed by atoms with Crippen molar-refractivity contribution in [1.82, 2.24) is 20.0 Å². The fraction of sp³-hybridized carbons (Fsp3) is 0.200. The zero-order valence-electron chi connectivity index (χ0n) is 8.91. The highest BCUT2D eigenvalue weighted by Crippen LogP contribution is 2.10. The van der Waals surface area contributed by atoms with E-state index in [0.29, 0.717) is 17.1 Å². The molecule has 0 spiro atoms. The van der Waals surface area contributed by atoms with Crippen LogP contribution >= 0.6 is 0 Å². The molecule has 2 rings (SSSR count). The number of methoxy groups -OCH3 is 1. The van der Waals surface area contributed by atoms with Gasteiger partial charge in [0.05, 0.1) is 13.3 Å². The van der Waals surface area contributed by atoms with Crippen LogP contribution in [0.4, 0.5) is 0 Å². The molecule has 0 aliphatic rings. The van der Waals surface area contributed by atoms with Crippen molar-refractivity contribution in [3.05, 3.63) is 35.8 Å². The van der Waals surface area contributed by atoms with Gasteiger partial charge in [0, 0.05) is 24.9 Å². The third-order valence-corrected chi connectivity index (χ3v) is 2.15. The minimum absolute atomic E-state index is 0.164. The molecule has 0 radical (unpaired) electrons. The van der Waals surface area contributed by atoms with Crippen LogP contribution < -0.4 is 4.74 Å². The van der Waals surface area contributed by atoms with Crippen molar-refractivity contribution >= 4 is 5.78 Å². The Kier molecular flexibility index (Phi) is 2.63. The normalized spacial score (nSPS) is 10.1. The summed E-state index contributed by atoms with van der Waals surface area (Å²) in [6.45, 7) is 0. The van der Waals surface area contributed by atoms with E-state index < -0.39 is 0 Å². The monoisotopic (exact) mass is 218 g/mol. The molecular weight excluding hydrogens is 208 g/mol. The van der Waals surface area contributed by atoms with Gasteiger partial charge in [0.2, 0.25) is 11.7 Å². The molecule has 0 unspecified atom stereocenters. The van der Waals surface area contributed by atoms with E-state index in [9.17, 15) is 4.79 Å². The van der Waals surface area contributed by atoms with E-state index in [1.54, 1.807) is 19.2 Å². The second kappa shape index (κ2) is 4.09. The smallest absolute Gasteiger partial charge is 0.214 e. The Bertz CT molecular complexity index is 504. The van der Waals surface area contributed by atoms with Crippen molar-refractivity contribution in [2.45, 2.75) is 0 Å². The maximum Gasteiger partial charge on any atom is 0.214 e. The maximum absolute atomic E-state index is 11.9. The molecule has 0 N–H and O–H groups in total. The van der Waals surface area contributed by atoms with E-state index in [0.717, 1.165) is 0 Å². The fourth-order valence-electron chi connectivity index (χ4n) is 1.28. The molecular formula is C10H10N4O2. The lowest BCUT2D eigenvalue weighted by molar-refractivity contribution is 0.103. The number of carbonyl (C=O) groups is 1. The van der Waals surface area contributed by atoms with Crippen LogP contribution in [0.5, 0.6) is 5.88 Å². The number of hydrogen-bond donors (Lipinski definition) is 0. The minimum atomic E-state index is -0.164. The Balaban J connectivity index is 2.31. The maximum atomic E-state index is 11.9. The zero-order chi connectivity index (χ0) is 11.5. The highest BCUT2D eigenvalue weighted by molar-refractivity contribution is 6.07. The molecule has 0 aromatic carbocycles. The van der Waals surface area contributed by atoms with E-state index in [4.69, 9.17) is 4.74 Å². The lowest BCUT2D eigenvalue weighted by atomic mass is 10.1. The second-order valence-electron chi connectivity index (χ2n) is 3.16. The van der Waals surface area contributed by atoms with Gasteiger partial charge in [0.25, 0.3) is 0 Å². The number of ketones is 1. The van der Waals surface area contributed by atoms with Crippen LogP contribution in [0.15, 0.2) is 24.5 Å². The predicted octanol–water partition coefficient (Wildman–Crippen LogP) is 0.450. The number of aromatic nitrogens is 4. The predicted molar refractivity (Wildman–Crippen MR) is 55.2 cm³/mol. The van der Waals surface area contributed by atoms with E-state index in [1.807, 2.05) is 0 Å². The molecule has 2 aromatic rings. The van der Waals surface area contributed by atoms with Gasteiger partial charge >= 0.3 is 0 Å². The van der Waals surface area contributed by atoms with Crippen LogP contribution in [-0.4, -0.2) is 32.9 Å². The van der Waals surface area contributed by atoms with Gasteiger partial charge in [0.15, 0.2) is 0 Å². The largest absolute Gasteiger partial charge is 0.481 e. The third kappa shape index (κ3) is 1.77.